The number of hydrogen-bond acceptors (Lipinski definition) is 4. The lowest BCUT2D eigenvalue weighted by atomic mass is 10.1. The molecule has 0 spiro atoms. The van der Waals surface area contributed by atoms with E-state index in [1.165, 1.54) is 13.8 Å². The van der Waals surface area contributed by atoms with E-state index in [0.717, 1.165) is 5.56 Å². The van der Waals surface area contributed by atoms with Crippen molar-refractivity contribution in [2.45, 2.75) is 26.2 Å². The molecule has 22 heavy (non-hydrogen) atoms. The molecule has 3 unspecified atom stereocenters. The van der Waals surface area contributed by atoms with Crippen LogP contribution in [-0.2, 0) is 9.59 Å². The molecular weight excluding hydrogens is 282 g/mol. The highest BCUT2D eigenvalue weighted by Crippen LogP contribution is 2.21. The van der Waals surface area contributed by atoms with Crippen LogP contribution in [0.2, 0.25) is 0 Å². The molecular formula is C16H19N3O3. The minimum absolute atomic E-state index is 0.217. The monoisotopic (exact) mass is 301 g/mol. The van der Waals surface area contributed by atoms with Crippen LogP contribution in [0, 0.1) is 5.21 Å². The van der Waals surface area contributed by atoms with Crippen molar-refractivity contribution in [2.75, 3.05) is 0 Å². The molecule has 6 nitrogen and oxygen atoms in total. The second-order valence-corrected chi connectivity index (χ2v) is 5.05. The number of hydroxylamine groups is 2. The Labute approximate surface area is 129 Å². The first-order valence-corrected chi connectivity index (χ1v) is 7.00. The Morgan fingerprint density at radius 3 is 2.50 bits per heavy atom. The van der Waals surface area contributed by atoms with Gasteiger partial charge in [-0.15, -0.1) is 0 Å². The highest BCUT2D eigenvalue weighted by atomic mass is 16.5. The van der Waals surface area contributed by atoms with E-state index in [1.54, 1.807) is 29.3 Å². The predicted octanol–water partition coefficient (Wildman–Crippen LogP) is 0.462. The lowest BCUT2D eigenvalue weighted by Gasteiger charge is -2.40. The summed E-state index contributed by atoms with van der Waals surface area (Å²) in [4.78, 5) is 24.7. The number of hydrogen-bond donors (Lipinski definition) is 2. The third-order valence-electron chi connectivity index (χ3n) is 3.35. The van der Waals surface area contributed by atoms with Gasteiger partial charge in [0.1, 0.15) is 6.17 Å². The van der Waals surface area contributed by atoms with E-state index in [-0.39, 0.29) is 5.91 Å². The normalized spacial score (nSPS) is 19.6. The lowest BCUT2D eigenvalue weighted by molar-refractivity contribution is -0.801. The first kappa shape index (κ1) is 15.9. The van der Waals surface area contributed by atoms with Crippen LogP contribution < -0.4 is 10.4 Å². The molecule has 0 fully saturated rings. The van der Waals surface area contributed by atoms with Gasteiger partial charge < -0.3 is 15.4 Å². The Hall–Kier alpha value is -2.44. The van der Waals surface area contributed by atoms with Crippen LogP contribution in [0.25, 0.3) is 0 Å². The SMILES string of the molecule is CC(=O)NC(c1ccccc1)N1C=CC=CC1[NH+]([O-])C(C)=O. The number of nitrogens with one attached hydrogen (secondary N) is 2. The molecule has 0 bridgehead atoms. The number of allylic oxidation sites excluding steroid dienone is 2. The molecule has 2 amide bonds. The molecule has 1 heterocycles. The van der Waals surface area contributed by atoms with Crippen molar-refractivity contribution in [1.29, 1.82) is 0 Å². The standard InChI is InChI=1S/C16H19N3O3/c1-12(20)17-16(14-8-4-3-5-9-14)18-11-7-6-10-15(18)19(22)13(2)21/h3-11,15-16,19H,1-2H3,(H,17,20). The van der Waals surface area contributed by atoms with Crippen molar-refractivity contribution >= 4 is 11.8 Å². The van der Waals surface area contributed by atoms with E-state index in [9.17, 15) is 14.8 Å². The summed E-state index contributed by atoms with van der Waals surface area (Å²) in [6.45, 7) is 2.67. The van der Waals surface area contributed by atoms with Crippen LogP contribution in [0.5, 0.6) is 0 Å². The number of rotatable bonds is 4. The topological polar surface area (TPSA) is 76.9 Å². The van der Waals surface area contributed by atoms with E-state index in [0.29, 0.717) is 0 Å². The number of amides is 2. The number of nitrogens with zero attached hydrogens (tertiary/aromatic N) is 1. The van der Waals surface area contributed by atoms with E-state index >= 15 is 0 Å². The lowest BCUT2D eigenvalue weighted by Crippen LogP contribution is -3.15. The Morgan fingerprint density at radius 2 is 1.91 bits per heavy atom. The van der Waals surface area contributed by atoms with Crippen LogP contribution in [0.4, 0.5) is 0 Å². The number of carbonyl (C=O) groups is 2. The Morgan fingerprint density at radius 1 is 1.23 bits per heavy atom. The van der Waals surface area contributed by atoms with Gasteiger partial charge in [0.25, 0.3) is 0 Å². The minimum Gasteiger partial charge on any atom is -0.625 e. The van der Waals surface area contributed by atoms with E-state index in [4.69, 9.17) is 0 Å². The van der Waals surface area contributed by atoms with Gasteiger partial charge in [-0.2, -0.15) is 0 Å². The quantitative estimate of drug-likeness (QED) is 0.792. The molecule has 0 saturated heterocycles. The Kier molecular flexibility index (Phi) is 5.08. The molecule has 1 aliphatic heterocycles. The molecule has 0 aromatic heterocycles. The van der Waals surface area contributed by atoms with Gasteiger partial charge in [0.05, 0.1) is 6.92 Å². The summed E-state index contributed by atoms with van der Waals surface area (Å²) in [7, 11) is 0. The molecule has 0 saturated carbocycles. The highest BCUT2D eigenvalue weighted by molar-refractivity contribution is 5.73. The zero-order valence-corrected chi connectivity index (χ0v) is 12.5. The van der Waals surface area contributed by atoms with Crippen LogP contribution in [0.15, 0.2) is 54.8 Å². The zero-order chi connectivity index (χ0) is 16.1. The third kappa shape index (κ3) is 3.60. The van der Waals surface area contributed by atoms with Crippen LogP contribution in [0.1, 0.15) is 25.6 Å². The molecule has 1 aromatic carbocycles. The van der Waals surface area contributed by atoms with E-state index in [1.807, 2.05) is 30.3 Å². The first-order valence-electron chi connectivity index (χ1n) is 7.00. The largest absolute Gasteiger partial charge is 0.625 e. The fourth-order valence-corrected chi connectivity index (χ4v) is 2.35. The predicted molar refractivity (Wildman–Crippen MR) is 81.9 cm³/mol. The van der Waals surface area contributed by atoms with Crippen molar-refractivity contribution in [3.8, 4) is 0 Å². The van der Waals surface area contributed by atoms with Gasteiger partial charge in [0.2, 0.25) is 5.91 Å². The van der Waals surface area contributed by atoms with E-state index < -0.39 is 23.3 Å². The summed E-state index contributed by atoms with van der Waals surface area (Å²) in [6, 6.07) is 9.31. The second-order valence-electron chi connectivity index (χ2n) is 5.05. The molecule has 3 atom stereocenters. The summed E-state index contributed by atoms with van der Waals surface area (Å²) < 4.78 is 0. The zero-order valence-electron chi connectivity index (χ0n) is 12.5. The fraction of sp³-hybridized carbons (Fsp3) is 0.250. The van der Waals surface area contributed by atoms with Crippen LogP contribution >= 0.6 is 0 Å². The highest BCUT2D eigenvalue weighted by Gasteiger charge is 2.30. The molecule has 2 rings (SSSR count). The molecule has 2 N–H and O–H groups in total. The van der Waals surface area contributed by atoms with Crippen LogP contribution in [0.3, 0.4) is 0 Å². The summed E-state index contributed by atoms with van der Waals surface area (Å²) in [5.74, 6) is -0.726. The maximum Gasteiger partial charge on any atom is 0.310 e. The number of benzene rings is 1. The van der Waals surface area contributed by atoms with Gasteiger partial charge in [-0.1, -0.05) is 36.4 Å². The maximum atomic E-state index is 12.1. The molecule has 1 aliphatic rings. The molecule has 6 heteroatoms. The maximum absolute atomic E-state index is 12.1. The van der Waals surface area contributed by atoms with Crippen molar-refractivity contribution in [2.24, 2.45) is 0 Å². The van der Waals surface area contributed by atoms with Gasteiger partial charge in [0, 0.05) is 13.1 Å². The minimum atomic E-state index is -0.723. The van der Waals surface area contributed by atoms with Crippen molar-refractivity contribution in [3.63, 3.8) is 0 Å². The van der Waals surface area contributed by atoms with Crippen molar-refractivity contribution < 1.29 is 14.7 Å². The average molecular weight is 301 g/mol. The van der Waals surface area contributed by atoms with Crippen LogP contribution in [-0.4, -0.2) is 22.9 Å². The second kappa shape index (κ2) is 7.02. The van der Waals surface area contributed by atoms with Crippen molar-refractivity contribution in [1.82, 2.24) is 10.2 Å². The fourth-order valence-electron chi connectivity index (χ4n) is 2.35. The molecule has 116 valence electrons. The van der Waals surface area contributed by atoms with E-state index in [2.05, 4.69) is 5.32 Å². The summed E-state index contributed by atoms with van der Waals surface area (Å²) in [6.07, 6.45) is 5.60. The van der Waals surface area contributed by atoms with Gasteiger partial charge in [0.15, 0.2) is 6.17 Å². The molecule has 0 radical (unpaired) electrons. The smallest absolute Gasteiger partial charge is 0.310 e. The molecule has 1 aromatic rings. The Bertz CT molecular complexity index is 598. The average Bonchev–Trinajstić information content (AvgIpc) is 2.52. The van der Waals surface area contributed by atoms with Gasteiger partial charge in [-0.25, -0.2) is 4.79 Å². The number of quaternary nitrogens is 1. The van der Waals surface area contributed by atoms with Gasteiger partial charge in [-0.05, 0) is 17.7 Å². The van der Waals surface area contributed by atoms with Crippen molar-refractivity contribution in [3.05, 3.63) is 65.5 Å². The van der Waals surface area contributed by atoms with Gasteiger partial charge in [-0.3, -0.25) is 9.86 Å². The van der Waals surface area contributed by atoms with Gasteiger partial charge >= 0.3 is 5.91 Å². The first-order chi connectivity index (χ1) is 10.5. The summed E-state index contributed by atoms with van der Waals surface area (Å²) >= 11 is 0. The summed E-state index contributed by atoms with van der Waals surface area (Å²) in [5.41, 5.74) is 0.832. The number of carbonyl (C=O) groups excluding carboxylic acids is 2. The summed E-state index contributed by atoms with van der Waals surface area (Å²) in [5, 5.41) is 14.5. The Balaban J connectivity index is 2.36. The molecule has 0 aliphatic carbocycles. The third-order valence-corrected chi connectivity index (χ3v) is 3.35.